The highest BCUT2D eigenvalue weighted by molar-refractivity contribution is 6.35. The van der Waals surface area contributed by atoms with E-state index < -0.39 is 5.92 Å². The van der Waals surface area contributed by atoms with Crippen LogP contribution in [-0.4, -0.2) is 42.3 Å². The Bertz CT molecular complexity index is 1150. The molecule has 1 unspecified atom stereocenters. The van der Waals surface area contributed by atoms with Gasteiger partial charge in [-0.2, -0.15) is 5.26 Å². The maximum atomic E-state index is 13.6. The topological polar surface area (TPSA) is 93.5 Å². The number of fused-ring (bicyclic) bond motifs is 1. The fourth-order valence-electron chi connectivity index (χ4n) is 4.08. The normalized spacial score (nSPS) is 19.0. The van der Waals surface area contributed by atoms with Crippen LogP contribution in [0, 0.1) is 18.3 Å². The first-order valence-electron chi connectivity index (χ1n) is 9.97. The number of allylic oxidation sites excluding steroid dienone is 1. The van der Waals surface area contributed by atoms with Gasteiger partial charge in [-0.15, -0.1) is 0 Å². The lowest BCUT2D eigenvalue weighted by atomic mass is 9.84. The van der Waals surface area contributed by atoms with E-state index in [1.807, 2.05) is 6.92 Å². The molecular formula is C22H22Cl2N4O3. The number of aromatic nitrogens is 1. The van der Waals surface area contributed by atoms with Gasteiger partial charge in [0.15, 0.2) is 0 Å². The molecule has 2 aromatic rings. The van der Waals surface area contributed by atoms with Crippen LogP contribution in [0.4, 0.5) is 0 Å². The van der Waals surface area contributed by atoms with Crippen molar-refractivity contribution in [3.63, 3.8) is 0 Å². The number of pyridine rings is 1. The molecule has 3 heterocycles. The SMILES string of the molecule is Cc1cc2c(c(=O)n1CCN1CCOCC1)C(c1ccc(Cl)cc1Cl)C(C#N)=C(N)O2. The van der Waals surface area contributed by atoms with Gasteiger partial charge in [-0.05, 0) is 24.6 Å². The van der Waals surface area contributed by atoms with E-state index in [-0.39, 0.29) is 17.0 Å². The van der Waals surface area contributed by atoms with Crippen LogP contribution in [0.15, 0.2) is 40.5 Å². The lowest BCUT2D eigenvalue weighted by Gasteiger charge is -2.29. The second kappa shape index (κ2) is 8.93. The Morgan fingerprint density at radius 3 is 2.65 bits per heavy atom. The molecule has 1 aromatic carbocycles. The van der Waals surface area contributed by atoms with Crippen molar-refractivity contribution >= 4 is 23.2 Å². The van der Waals surface area contributed by atoms with Gasteiger partial charge in [0, 0.05) is 48.0 Å². The molecule has 9 heteroatoms. The molecule has 1 fully saturated rings. The largest absolute Gasteiger partial charge is 0.440 e. The van der Waals surface area contributed by atoms with E-state index in [2.05, 4.69) is 11.0 Å². The minimum Gasteiger partial charge on any atom is -0.440 e. The monoisotopic (exact) mass is 460 g/mol. The lowest BCUT2D eigenvalue weighted by molar-refractivity contribution is 0.0362. The summed E-state index contributed by atoms with van der Waals surface area (Å²) in [5.41, 5.74) is 7.66. The number of benzene rings is 1. The van der Waals surface area contributed by atoms with Crippen LogP contribution < -0.4 is 16.0 Å². The van der Waals surface area contributed by atoms with Crippen molar-refractivity contribution in [3.05, 3.63) is 72.9 Å². The number of nitriles is 1. The van der Waals surface area contributed by atoms with Crippen LogP contribution >= 0.6 is 23.2 Å². The quantitative estimate of drug-likeness (QED) is 0.753. The van der Waals surface area contributed by atoms with Gasteiger partial charge in [0.1, 0.15) is 17.4 Å². The number of nitrogens with zero attached hydrogens (tertiary/aromatic N) is 3. The minimum absolute atomic E-state index is 0.0316. The average Bonchev–Trinajstić information content (AvgIpc) is 2.73. The van der Waals surface area contributed by atoms with E-state index in [1.165, 1.54) is 0 Å². The van der Waals surface area contributed by atoms with Gasteiger partial charge in [-0.3, -0.25) is 9.69 Å². The maximum Gasteiger partial charge on any atom is 0.258 e. The summed E-state index contributed by atoms with van der Waals surface area (Å²) in [6.45, 7) is 6.15. The van der Waals surface area contributed by atoms with E-state index >= 15 is 0 Å². The average molecular weight is 461 g/mol. The molecule has 1 atom stereocenters. The Hall–Kier alpha value is -2.50. The zero-order chi connectivity index (χ0) is 22.1. The summed E-state index contributed by atoms with van der Waals surface area (Å²) >= 11 is 12.5. The molecule has 1 aromatic heterocycles. The third-order valence-corrected chi connectivity index (χ3v) is 6.27. The van der Waals surface area contributed by atoms with Crippen molar-refractivity contribution in [3.8, 4) is 11.8 Å². The summed E-state index contributed by atoms with van der Waals surface area (Å²) < 4.78 is 12.8. The van der Waals surface area contributed by atoms with Crippen molar-refractivity contribution in [2.24, 2.45) is 5.73 Å². The summed E-state index contributed by atoms with van der Waals surface area (Å²) in [7, 11) is 0. The highest BCUT2D eigenvalue weighted by Gasteiger charge is 2.35. The molecule has 0 aliphatic carbocycles. The molecule has 162 valence electrons. The van der Waals surface area contributed by atoms with Crippen molar-refractivity contribution in [1.29, 1.82) is 5.26 Å². The van der Waals surface area contributed by atoms with Crippen LogP contribution in [-0.2, 0) is 11.3 Å². The fraction of sp³-hybridized carbons (Fsp3) is 0.364. The summed E-state index contributed by atoms with van der Waals surface area (Å²) in [5.74, 6) is -0.422. The van der Waals surface area contributed by atoms with E-state index in [0.717, 1.165) is 25.3 Å². The molecule has 0 radical (unpaired) electrons. The van der Waals surface area contributed by atoms with Crippen LogP contribution in [0.1, 0.15) is 22.7 Å². The summed E-state index contributed by atoms with van der Waals surface area (Å²) in [4.78, 5) is 15.9. The molecular weight excluding hydrogens is 439 g/mol. The molecule has 2 N–H and O–H groups in total. The lowest BCUT2D eigenvalue weighted by Crippen LogP contribution is -2.40. The Morgan fingerprint density at radius 2 is 1.97 bits per heavy atom. The number of rotatable bonds is 4. The second-order valence-electron chi connectivity index (χ2n) is 7.57. The number of ether oxygens (including phenoxy) is 2. The predicted molar refractivity (Wildman–Crippen MR) is 118 cm³/mol. The molecule has 4 rings (SSSR count). The smallest absolute Gasteiger partial charge is 0.258 e. The van der Waals surface area contributed by atoms with Gasteiger partial charge in [-0.1, -0.05) is 29.3 Å². The summed E-state index contributed by atoms with van der Waals surface area (Å²) in [6, 6.07) is 8.86. The van der Waals surface area contributed by atoms with Gasteiger partial charge in [0.25, 0.3) is 5.56 Å². The number of aryl methyl sites for hydroxylation is 1. The first kappa shape index (κ1) is 21.7. The van der Waals surface area contributed by atoms with E-state index in [0.29, 0.717) is 46.7 Å². The number of nitrogens with two attached hydrogens (primary N) is 1. The Balaban J connectivity index is 1.81. The van der Waals surface area contributed by atoms with Crippen molar-refractivity contribution in [2.45, 2.75) is 19.4 Å². The van der Waals surface area contributed by atoms with Gasteiger partial charge < -0.3 is 19.8 Å². The fourth-order valence-corrected chi connectivity index (χ4v) is 4.59. The Kier molecular flexibility index (Phi) is 6.26. The zero-order valence-electron chi connectivity index (χ0n) is 17.0. The Morgan fingerprint density at radius 1 is 1.23 bits per heavy atom. The van der Waals surface area contributed by atoms with Crippen molar-refractivity contribution in [2.75, 3.05) is 32.8 Å². The highest BCUT2D eigenvalue weighted by atomic mass is 35.5. The van der Waals surface area contributed by atoms with Crippen molar-refractivity contribution < 1.29 is 9.47 Å². The molecule has 31 heavy (non-hydrogen) atoms. The van der Waals surface area contributed by atoms with Crippen LogP contribution in [0.5, 0.6) is 5.75 Å². The molecule has 1 saturated heterocycles. The van der Waals surface area contributed by atoms with Gasteiger partial charge in [0.2, 0.25) is 5.88 Å². The highest BCUT2D eigenvalue weighted by Crippen LogP contribution is 2.43. The summed E-state index contributed by atoms with van der Waals surface area (Å²) in [6.07, 6.45) is 0. The van der Waals surface area contributed by atoms with Crippen molar-refractivity contribution in [1.82, 2.24) is 9.47 Å². The second-order valence-corrected chi connectivity index (χ2v) is 8.41. The molecule has 0 bridgehead atoms. The van der Waals surface area contributed by atoms with E-state index in [4.69, 9.17) is 38.4 Å². The third kappa shape index (κ3) is 4.17. The van der Waals surface area contributed by atoms with E-state index in [1.54, 1.807) is 28.8 Å². The van der Waals surface area contributed by atoms with Gasteiger partial charge in [-0.25, -0.2) is 0 Å². The molecule has 2 aliphatic rings. The zero-order valence-corrected chi connectivity index (χ0v) is 18.5. The van der Waals surface area contributed by atoms with Gasteiger partial charge >= 0.3 is 0 Å². The van der Waals surface area contributed by atoms with Crippen LogP contribution in [0.2, 0.25) is 10.0 Å². The van der Waals surface area contributed by atoms with E-state index in [9.17, 15) is 10.1 Å². The number of hydrogen-bond acceptors (Lipinski definition) is 6. The number of morpholine rings is 1. The summed E-state index contributed by atoms with van der Waals surface area (Å²) in [5, 5.41) is 10.6. The number of hydrogen-bond donors (Lipinski definition) is 1. The standard InChI is InChI=1S/C22H22Cl2N4O3/c1-13-10-18-20(22(29)28(13)5-4-27-6-8-30-9-7-27)19(16(12-25)21(26)31-18)15-3-2-14(23)11-17(15)24/h2-3,10-11,19H,4-9,26H2,1H3. The first-order valence-corrected chi connectivity index (χ1v) is 10.7. The van der Waals surface area contributed by atoms with Gasteiger partial charge in [0.05, 0.1) is 24.7 Å². The molecule has 0 amide bonds. The Labute approximate surface area is 190 Å². The van der Waals surface area contributed by atoms with Crippen LogP contribution in [0.25, 0.3) is 0 Å². The van der Waals surface area contributed by atoms with Crippen LogP contribution in [0.3, 0.4) is 0 Å². The molecule has 0 saturated carbocycles. The molecule has 7 nitrogen and oxygen atoms in total. The maximum absolute atomic E-state index is 13.6. The molecule has 0 spiro atoms. The first-order chi connectivity index (χ1) is 14.9. The minimum atomic E-state index is -0.735. The molecule has 2 aliphatic heterocycles. The third-order valence-electron chi connectivity index (χ3n) is 5.71. The number of halogens is 2. The predicted octanol–water partition coefficient (Wildman–Crippen LogP) is 3.01.